The summed E-state index contributed by atoms with van der Waals surface area (Å²) < 4.78 is 99.4. The normalized spacial score (nSPS) is 12.9. The van der Waals surface area contributed by atoms with Gasteiger partial charge in [0.1, 0.15) is 21.2 Å². The second-order valence-corrected chi connectivity index (χ2v) is 11.0. The molecule has 0 spiro atoms. The highest BCUT2D eigenvalue weighted by atomic mass is 32.2. The molecule has 0 saturated carbocycles. The molecule has 0 bridgehead atoms. The first-order valence-electron chi connectivity index (χ1n) is 9.10. The van der Waals surface area contributed by atoms with Crippen LogP contribution in [0.3, 0.4) is 0 Å². The molecule has 3 rings (SSSR count). The Morgan fingerprint density at radius 3 is 1.82 bits per heavy atom. The van der Waals surface area contributed by atoms with Crippen LogP contribution in [0.25, 0.3) is 10.8 Å². The van der Waals surface area contributed by atoms with Crippen LogP contribution in [0.15, 0.2) is 67.4 Å². The molecule has 0 fully saturated rings. The van der Waals surface area contributed by atoms with E-state index in [2.05, 4.69) is 20.9 Å². The van der Waals surface area contributed by atoms with E-state index in [0.29, 0.717) is 11.8 Å². The highest BCUT2D eigenvalue weighted by Gasteiger charge is 2.24. The Morgan fingerprint density at radius 1 is 0.676 bits per heavy atom. The number of fused-ring (bicyclic) bond motifs is 1. The number of azo groups is 1. The maximum Gasteiger partial charge on any atom is 0.296 e. The molecule has 0 saturated heterocycles. The Labute approximate surface area is 194 Å². The Morgan fingerprint density at radius 2 is 1.29 bits per heavy atom. The third-order valence-electron chi connectivity index (χ3n) is 4.64. The van der Waals surface area contributed by atoms with E-state index in [9.17, 15) is 38.9 Å². The van der Waals surface area contributed by atoms with Crippen LogP contribution in [0.1, 0.15) is 0 Å². The molecule has 34 heavy (non-hydrogen) atoms. The van der Waals surface area contributed by atoms with Crippen molar-refractivity contribution in [2.24, 2.45) is 10.2 Å². The van der Waals surface area contributed by atoms with E-state index in [1.165, 1.54) is 0 Å². The number of nitrogens with zero attached hydrogens (tertiary/aromatic N) is 2. The molecule has 0 aliphatic rings. The van der Waals surface area contributed by atoms with Gasteiger partial charge >= 0.3 is 0 Å². The van der Waals surface area contributed by atoms with E-state index in [-0.39, 0.29) is 16.5 Å². The number of anilines is 2. The van der Waals surface area contributed by atoms with Crippen molar-refractivity contribution < 1.29 is 38.9 Å². The summed E-state index contributed by atoms with van der Waals surface area (Å²) in [5.74, 6) is 0. The lowest BCUT2D eigenvalue weighted by molar-refractivity contribution is 0.480. The molecule has 0 unspecified atom stereocenters. The average Bonchev–Trinajstić information content (AvgIpc) is 2.74. The molecule has 182 valence electrons. The van der Waals surface area contributed by atoms with Crippen molar-refractivity contribution in [3.8, 4) is 0 Å². The van der Waals surface area contributed by atoms with Crippen molar-refractivity contribution in [3.05, 3.63) is 42.5 Å². The summed E-state index contributed by atoms with van der Waals surface area (Å²) in [5.41, 5.74) is 1.00. The minimum Gasteiger partial charge on any atom is -0.388 e. The van der Waals surface area contributed by atoms with Gasteiger partial charge in [-0.2, -0.15) is 25.3 Å². The molecule has 0 radical (unpaired) electrons. The summed E-state index contributed by atoms with van der Waals surface area (Å²) in [5, 5.41) is 12.9. The van der Waals surface area contributed by atoms with Crippen molar-refractivity contribution in [1.82, 2.24) is 0 Å². The first-order chi connectivity index (χ1) is 15.6. The van der Waals surface area contributed by atoms with E-state index < -0.39 is 50.7 Å². The van der Waals surface area contributed by atoms with Crippen molar-refractivity contribution in [2.45, 2.75) is 14.7 Å². The molecule has 13 nitrogen and oxygen atoms in total. The maximum atomic E-state index is 12.0. The number of rotatable bonds is 7. The van der Waals surface area contributed by atoms with Crippen LogP contribution in [0.5, 0.6) is 0 Å². The molecular weight excluding hydrogens is 512 g/mol. The summed E-state index contributed by atoms with van der Waals surface area (Å²) in [7, 11) is -11.6. The zero-order valence-corrected chi connectivity index (χ0v) is 19.9. The highest BCUT2D eigenvalue weighted by Crippen LogP contribution is 2.37. The summed E-state index contributed by atoms with van der Waals surface area (Å²) in [6.07, 6.45) is 0. The van der Waals surface area contributed by atoms with Gasteiger partial charge in [0.15, 0.2) is 0 Å². The minimum absolute atomic E-state index is 0.264. The van der Waals surface area contributed by atoms with Gasteiger partial charge in [-0.25, -0.2) is 0 Å². The number of hydrogen-bond donors (Lipinski definition) is 5. The lowest BCUT2D eigenvalue weighted by atomic mass is 10.1. The number of benzene rings is 3. The van der Waals surface area contributed by atoms with Crippen molar-refractivity contribution in [2.75, 3.05) is 24.7 Å². The van der Waals surface area contributed by atoms with Crippen molar-refractivity contribution in [3.63, 3.8) is 0 Å². The summed E-state index contributed by atoms with van der Waals surface area (Å²) in [6.45, 7) is 0. The van der Waals surface area contributed by atoms with Crippen LogP contribution >= 0.6 is 0 Å². The topological polar surface area (TPSA) is 212 Å². The van der Waals surface area contributed by atoms with E-state index in [1.54, 1.807) is 32.3 Å². The third kappa shape index (κ3) is 5.32. The third-order valence-corrected chi connectivity index (χ3v) is 7.25. The lowest BCUT2D eigenvalue weighted by Crippen LogP contribution is -2.05. The fourth-order valence-electron chi connectivity index (χ4n) is 3.05. The Kier molecular flexibility index (Phi) is 6.66. The van der Waals surface area contributed by atoms with Gasteiger partial charge in [0, 0.05) is 25.2 Å². The van der Waals surface area contributed by atoms with Gasteiger partial charge in [0.05, 0.1) is 10.6 Å². The Bertz CT molecular complexity index is 1650. The summed E-state index contributed by atoms with van der Waals surface area (Å²) >= 11 is 0. The van der Waals surface area contributed by atoms with E-state index in [4.69, 9.17) is 0 Å². The van der Waals surface area contributed by atoms with Gasteiger partial charge in [-0.05, 0) is 47.9 Å². The number of nitrogens with one attached hydrogen (secondary N) is 2. The molecule has 0 aliphatic heterocycles. The zero-order chi connectivity index (χ0) is 25.5. The summed E-state index contributed by atoms with van der Waals surface area (Å²) in [6, 6.07) is 7.79. The van der Waals surface area contributed by atoms with E-state index >= 15 is 0 Å². The standard InChI is InChI=1S/C18H18N4O9S3/c1-19-11-3-4-14(15(7-11)20-2)21-22-16-9-13-10(6-18(16)34(29,30)31)5-12(32(23,24)25)8-17(13)33(26,27)28/h3-9,19-20H,1-2H3,(H,23,24,25)(H,26,27,28)(H,29,30,31). The second kappa shape index (κ2) is 8.90. The van der Waals surface area contributed by atoms with E-state index in [0.717, 1.165) is 23.9 Å². The number of hydrogen-bond acceptors (Lipinski definition) is 10. The highest BCUT2D eigenvalue weighted by molar-refractivity contribution is 7.87. The van der Waals surface area contributed by atoms with Gasteiger partial charge in [0.25, 0.3) is 30.4 Å². The van der Waals surface area contributed by atoms with Crippen LogP contribution in [-0.2, 0) is 30.4 Å². The van der Waals surface area contributed by atoms with Gasteiger partial charge in [-0.1, -0.05) is 0 Å². The van der Waals surface area contributed by atoms with Gasteiger partial charge in [0.2, 0.25) is 0 Å². The predicted octanol–water partition coefficient (Wildman–Crippen LogP) is 3.08. The smallest absolute Gasteiger partial charge is 0.296 e. The zero-order valence-electron chi connectivity index (χ0n) is 17.5. The monoisotopic (exact) mass is 530 g/mol. The van der Waals surface area contributed by atoms with Crippen LogP contribution in [0, 0.1) is 0 Å². The van der Waals surface area contributed by atoms with Gasteiger partial charge < -0.3 is 10.6 Å². The van der Waals surface area contributed by atoms with Crippen molar-refractivity contribution in [1.29, 1.82) is 0 Å². The lowest BCUT2D eigenvalue weighted by Gasteiger charge is -2.10. The fourth-order valence-corrected chi connectivity index (χ4v) is 5.04. The SMILES string of the molecule is CNc1ccc(N=Nc2cc3c(S(=O)(=O)O)cc(S(=O)(=O)O)cc3cc2S(=O)(=O)O)c(NC)c1. The molecule has 0 aromatic heterocycles. The minimum atomic E-state index is -5.04. The van der Waals surface area contributed by atoms with Crippen LogP contribution < -0.4 is 10.6 Å². The average molecular weight is 531 g/mol. The van der Waals surface area contributed by atoms with Gasteiger partial charge in [-0.15, -0.1) is 10.2 Å². The molecule has 3 aromatic rings. The van der Waals surface area contributed by atoms with Crippen LogP contribution in [0.4, 0.5) is 22.7 Å². The van der Waals surface area contributed by atoms with E-state index in [1.807, 2.05) is 0 Å². The molecule has 0 amide bonds. The Hall–Kier alpha value is -3.15. The van der Waals surface area contributed by atoms with Gasteiger partial charge in [-0.3, -0.25) is 13.7 Å². The van der Waals surface area contributed by atoms with Crippen molar-refractivity contribution >= 4 is 63.9 Å². The fraction of sp³-hybridized carbons (Fsp3) is 0.111. The molecule has 5 N–H and O–H groups in total. The molecule has 0 atom stereocenters. The quantitative estimate of drug-likeness (QED) is 0.221. The maximum absolute atomic E-state index is 12.0. The molecule has 16 heteroatoms. The molecular formula is C18H18N4O9S3. The molecule has 0 aliphatic carbocycles. The molecule has 3 aromatic carbocycles. The Balaban J connectivity index is 2.35. The molecule has 0 heterocycles. The first-order valence-corrected chi connectivity index (χ1v) is 13.4. The second-order valence-electron chi connectivity index (χ2n) is 6.82. The first kappa shape index (κ1) is 25.5. The summed E-state index contributed by atoms with van der Waals surface area (Å²) in [4.78, 5) is -2.69. The van der Waals surface area contributed by atoms with Crippen LogP contribution in [0.2, 0.25) is 0 Å². The predicted molar refractivity (Wildman–Crippen MR) is 123 cm³/mol. The largest absolute Gasteiger partial charge is 0.388 e. The van der Waals surface area contributed by atoms with Crippen LogP contribution in [-0.4, -0.2) is 53.0 Å².